The van der Waals surface area contributed by atoms with E-state index in [1.165, 1.54) is 52.0 Å². The van der Waals surface area contributed by atoms with Crippen molar-refractivity contribution in [3.63, 3.8) is 0 Å². The zero-order valence-corrected chi connectivity index (χ0v) is 10.3. The molecule has 0 bridgehead atoms. The first-order chi connectivity index (χ1) is 7.25. The number of likely N-dealkylation sites (tertiary alicyclic amines) is 1. The average Bonchev–Trinajstić information content (AvgIpc) is 2.57. The smallest absolute Gasteiger partial charge is 0.00102 e. The summed E-state index contributed by atoms with van der Waals surface area (Å²) in [5.41, 5.74) is 0. The molecule has 2 heteroatoms. The Morgan fingerprint density at radius 1 is 1.20 bits per heavy atom. The summed E-state index contributed by atoms with van der Waals surface area (Å²) in [6.45, 7) is 11.3. The quantitative estimate of drug-likeness (QED) is 0.766. The van der Waals surface area contributed by atoms with E-state index in [2.05, 4.69) is 24.1 Å². The first-order valence-electron chi connectivity index (χ1n) is 6.69. The lowest BCUT2D eigenvalue weighted by molar-refractivity contribution is 0.267. The van der Waals surface area contributed by atoms with Crippen molar-refractivity contribution in [3.8, 4) is 0 Å². The van der Waals surface area contributed by atoms with Crippen LogP contribution in [0.15, 0.2) is 0 Å². The molecule has 0 radical (unpaired) electrons. The molecule has 2 aliphatic rings. The van der Waals surface area contributed by atoms with Gasteiger partial charge in [0.15, 0.2) is 0 Å². The van der Waals surface area contributed by atoms with Crippen LogP contribution in [0, 0.1) is 17.8 Å². The third kappa shape index (κ3) is 3.18. The molecule has 2 heterocycles. The average molecular weight is 210 g/mol. The lowest BCUT2D eigenvalue weighted by atomic mass is 9.96. The minimum Gasteiger partial charge on any atom is -0.316 e. The van der Waals surface area contributed by atoms with Crippen LogP contribution in [0.1, 0.15) is 33.1 Å². The van der Waals surface area contributed by atoms with E-state index in [-0.39, 0.29) is 0 Å². The van der Waals surface area contributed by atoms with Gasteiger partial charge in [-0.1, -0.05) is 13.8 Å². The maximum Gasteiger partial charge on any atom is 0.00102 e. The van der Waals surface area contributed by atoms with E-state index in [1.807, 2.05) is 0 Å². The molecular weight excluding hydrogens is 184 g/mol. The van der Waals surface area contributed by atoms with Crippen molar-refractivity contribution in [2.45, 2.75) is 33.1 Å². The minimum absolute atomic E-state index is 0.912. The number of nitrogens with one attached hydrogen (secondary N) is 1. The molecule has 3 unspecified atom stereocenters. The lowest BCUT2D eigenvalue weighted by Crippen LogP contribution is -2.32. The normalized spacial score (nSPS) is 38.4. The molecule has 0 aromatic rings. The van der Waals surface area contributed by atoms with Crippen molar-refractivity contribution < 1.29 is 0 Å². The first kappa shape index (κ1) is 11.4. The molecular formula is C13H26N2. The molecule has 0 aromatic heterocycles. The molecule has 0 amide bonds. The van der Waals surface area contributed by atoms with Crippen LogP contribution in [0.2, 0.25) is 0 Å². The van der Waals surface area contributed by atoms with Crippen LogP contribution in [0.5, 0.6) is 0 Å². The fourth-order valence-corrected chi connectivity index (χ4v) is 2.97. The van der Waals surface area contributed by atoms with Crippen LogP contribution in [-0.2, 0) is 0 Å². The third-order valence-corrected chi connectivity index (χ3v) is 4.32. The van der Waals surface area contributed by atoms with Crippen LogP contribution >= 0.6 is 0 Å². The maximum absolute atomic E-state index is 3.51. The molecule has 2 rings (SSSR count). The van der Waals surface area contributed by atoms with Crippen molar-refractivity contribution in [2.75, 3.05) is 32.7 Å². The van der Waals surface area contributed by atoms with Gasteiger partial charge in [-0.15, -0.1) is 0 Å². The van der Waals surface area contributed by atoms with E-state index in [1.54, 1.807) is 0 Å². The Labute approximate surface area is 94.4 Å². The van der Waals surface area contributed by atoms with Gasteiger partial charge in [-0.3, -0.25) is 0 Å². The van der Waals surface area contributed by atoms with Crippen molar-refractivity contribution >= 4 is 0 Å². The molecule has 2 nitrogen and oxygen atoms in total. The topological polar surface area (TPSA) is 15.3 Å². The molecule has 2 aliphatic heterocycles. The molecule has 0 aromatic carbocycles. The van der Waals surface area contributed by atoms with Crippen molar-refractivity contribution in [1.82, 2.24) is 10.2 Å². The highest BCUT2D eigenvalue weighted by atomic mass is 15.1. The summed E-state index contributed by atoms with van der Waals surface area (Å²) >= 11 is 0. The molecule has 2 fully saturated rings. The van der Waals surface area contributed by atoms with Gasteiger partial charge in [0.2, 0.25) is 0 Å². The van der Waals surface area contributed by atoms with Crippen molar-refractivity contribution in [3.05, 3.63) is 0 Å². The van der Waals surface area contributed by atoms with Gasteiger partial charge in [0.25, 0.3) is 0 Å². The SMILES string of the molecule is CC1CN(CCC2CCCNC2)CC1C. The molecule has 0 saturated carbocycles. The third-order valence-electron chi connectivity index (χ3n) is 4.32. The molecule has 0 spiro atoms. The largest absolute Gasteiger partial charge is 0.316 e. The summed E-state index contributed by atoms with van der Waals surface area (Å²) in [7, 11) is 0. The van der Waals surface area contributed by atoms with E-state index < -0.39 is 0 Å². The summed E-state index contributed by atoms with van der Waals surface area (Å²) < 4.78 is 0. The Kier molecular flexibility index (Phi) is 4.04. The standard InChI is InChI=1S/C13H26N2/c1-11-9-15(10-12(11)2)7-5-13-4-3-6-14-8-13/h11-14H,3-10H2,1-2H3. The highest BCUT2D eigenvalue weighted by Gasteiger charge is 2.26. The lowest BCUT2D eigenvalue weighted by Gasteiger charge is -2.25. The maximum atomic E-state index is 3.51. The summed E-state index contributed by atoms with van der Waals surface area (Å²) in [4.78, 5) is 2.67. The monoisotopic (exact) mass is 210 g/mol. The summed E-state index contributed by atoms with van der Waals surface area (Å²) in [5.74, 6) is 2.77. The summed E-state index contributed by atoms with van der Waals surface area (Å²) in [6, 6.07) is 0. The Morgan fingerprint density at radius 3 is 2.53 bits per heavy atom. The molecule has 88 valence electrons. The molecule has 15 heavy (non-hydrogen) atoms. The van der Waals surface area contributed by atoms with E-state index in [4.69, 9.17) is 0 Å². The van der Waals surface area contributed by atoms with Crippen LogP contribution in [-0.4, -0.2) is 37.6 Å². The van der Waals surface area contributed by atoms with Crippen LogP contribution in [0.3, 0.4) is 0 Å². The Morgan fingerprint density at radius 2 is 1.93 bits per heavy atom. The number of rotatable bonds is 3. The zero-order valence-electron chi connectivity index (χ0n) is 10.3. The Bertz CT molecular complexity index is 177. The fraction of sp³-hybridized carbons (Fsp3) is 1.00. The highest BCUT2D eigenvalue weighted by molar-refractivity contribution is 4.79. The molecule has 1 N–H and O–H groups in total. The van der Waals surface area contributed by atoms with Gasteiger partial charge in [-0.05, 0) is 56.7 Å². The minimum atomic E-state index is 0.912. The number of hydrogen-bond acceptors (Lipinski definition) is 2. The van der Waals surface area contributed by atoms with Gasteiger partial charge in [-0.2, -0.15) is 0 Å². The van der Waals surface area contributed by atoms with Gasteiger partial charge < -0.3 is 10.2 Å². The summed E-state index contributed by atoms with van der Waals surface area (Å²) in [6.07, 6.45) is 4.25. The zero-order chi connectivity index (χ0) is 10.7. The van der Waals surface area contributed by atoms with Gasteiger partial charge >= 0.3 is 0 Å². The van der Waals surface area contributed by atoms with Crippen LogP contribution < -0.4 is 5.32 Å². The van der Waals surface area contributed by atoms with Crippen LogP contribution in [0.25, 0.3) is 0 Å². The molecule has 3 atom stereocenters. The van der Waals surface area contributed by atoms with Gasteiger partial charge in [-0.25, -0.2) is 0 Å². The van der Waals surface area contributed by atoms with E-state index in [0.29, 0.717) is 0 Å². The van der Waals surface area contributed by atoms with Gasteiger partial charge in [0.05, 0.1) is 0 Å². The summed E-state index contributed by atoms with van der Waals surface area (Å²) in [5, 5.41) is 3.51. The second-order valence-electron chi connectivity index (χ2n) is 5.72. The van der Waals surface area contributed by atoms with Crippen molar-refractivity contribution in [2.24, 2.45) is 17.8 Å². The number of hydrogen-bond donors (Lipinski definition) is 1. The highest BCUT2D eigenvalue weighted by Crippen LogP contribution is 2.23. The number of nitrogens with zero attached hydrogens (tertiary/aromatic N) is 1. The van der Waals surface area contributed by atoms with Gasteiger partial charge in [0, 0.05) is 13.1 Å². The Hall–Kier alpha value is -0.0800. The van der Waals surface area contributed by atoms with E-state index in [9.17, 15) is 0 Å². The Balaban J connectivity index is 1.65. The first-order valence-corrected chi connectivity index (χ1v) is 6.69. The number of piperidine rings is 1. The van der Waals surface area contributed by atoms with Crippen LogP contribution in [0.4, 0.5) is 0 Å². The second kappa shape index (κ2) is 5.31. The predicted octanol–water partition coefficient (Wildman–Crippen LogP) is 1.96. The van der Waals surface area contributed by atoms with Gasteiger partial charge in [0.1, 0.15) is 0 Å². The fourth-order valence-electron chi connectivity index (χ4n) is 2.97. The van der Waals surface area contributed by atoms with E-state index in [0.717, 1.165) is 17.8 Å². The molecule has 2 saturated heterocycles. The van der Waals surface area contributed by atoms with Crippen molar-refractivity contribution in [1.29, 1.82) is 0 Å². The molecule has 0 aliphatic carbocycles. The van der Waals surface area contributed by atoms with E-state index >= 15 is 0 Å². The predicted molar refractivity (Wildman–Crippen MR) is 65.0 cm³/mol. The second-order valence-corrected chi connectivity index (χ2v) is 5.72.